The molecule has 152 valence electrons. The molecule has 1 aliphatic rings. The predicted molar refractivity (Wildman–Crippen MR) is 120 cm³/mol. The number of amides is 1. The van der Waals surface area contributed by atoms with Gasteiger partial charge in [0, 0.05) is 27.7 Å². The lowest BCUT2D eigenvalue weighted by Crippen LogP contribution is -2.40. The van der Waals surface area contributed by atoms with E-state index in [2.05, 4.69) is 0 Å². The van der Waals surface area contributed by atoms with Crippen molar-refractivity contribution < 1.29 is 13.2 Å². The normalized spacial score (nSPS) is 18.2. The summed E-state index contributed by atoms with van der Waals surface area (Å²) in [6.45, 7) is 2.34. The third-order valence-corrected chi connectivity index (χ3v) is 8.80. The van der Waals surface area contributed by atoms with Crippen LogP contribution in [0, 0.1) is 6.92 Å². The highest BCUT2D eigenvalue weighted by molar-refractivity contribution is 7.91. The first kappa shape index (κ1) is 20.7. The highest BCUT2D eigenvalue weighted by atomic mass is 35.5. The first-order valence-electron chi connectivity index (χ1n) is 9.18. The first-order chi connectivity index (χ1) is 13.7. The smallest absolute Gasteiger partial charge is 0.266 e. The van der Waals surface area contributed by atoms with E-state index in [1.807, 2.05) is 31.2 Å². The van der Waals surface area contributed by atoms with Crippen LogP contribution in [0.5, 0.6) is 0 Å². The van der Waals surface area contributed by atoms with Crippen molar-refractivity contribution in [3.8, 4) is 0 Å². The molecule has 0 N–H and O–H groups in total. The standard InChI is InChI=1S/C21H19Cl2NO3S2/c1-13-2-4-14(5-3-13)11-24(16-8-9-29(26,27)12-16)21(25)20-19(23)17-7-6-15(22)10-18(17)28-20/h2-7,10,16H,8-9,11-12H2,1H3. The van der Waals surface area contributed by atoms with E-state index in [0.717, 1.165) is 21.2 Å². The van der Waals surface area contributed by atoms with Crippen molar-refractivity contribution in [3.05, 3.63) is 68.5 Å². The monoisotopic (exact) mass is 467 g/mol. The van der Waals surface area contributed by atoms with E-state index in [9.17, 15) is 13.2 Å². The van der Waals surface area contributed by atoms with Gasteiger partial charge in [-0.2, -0.15) is 0 Å². The van der Waals surface area contributed by atoms with Crippen LogP contribution in [0.1, 0.15) is 27.2 Å². The fourth-order valence-electron chi connectivity index (χ4n) is 3.59. The number of hydrogen-bond donors (Lipinski definition) is 0. The molecule has 0 saturated carbocycles. The number of carbonyl (C=O) groups excluding carboxylic acids is 1. The molecule has 1 saturated heterocycles. The van der Waals surface area contributed by atoms with Gasteiger partial charge in [0.15, 0.2) is 9.84 Å². The maximum Gasteiger partial charge on any atom is 0.266 e. The van der Waals surface area contributed by atoms with Crippen LogP contribution in [0.15, 0.2) is 42.5 Å². The molecule has 0 radical (unpaired) electrons. The summed E-state index contributed by atoms with van der Waals surface area (Å²) in [5, 5.41) is 1.74. The summed E-state index contributed by atoms with van der Waals surface area (Å²) in [6, 6.07) is 12.9. The largest absolute Gasteiger partial charge is 0.330 e. The minimum Gasteiger partial charge on any atom is -0.330 e. The number of rotatable bonds is 4. The molecule has 8 heteroatoms. The second-order valence-electron chi connectivity index (χ2n) is 7.36. The Bertz CT molecular complexity index is 1190. The van der Waals surface area contributed by atoms with Crippen molar-refractivity contribution in [1.29, 1.82) is 0 Å². The molecule has 2 heterocycles. The lowest BCUT2D eigenvalue weighted by molar-refractivity contribution is 0.0686. The van der Waals surface area contributed by atoms with Crippen LogP contribution >= 0.6 is 34.5 Å². The molecule has 29 heavy (non-hydrogen) atoms. The molecule has 3 aromatic rings. The van der Waals surface area contributed by atoms with Crippen LogP contribution in [0.25, 0.3) is 10.1 Å². The second kappa shape index (κ2) is 7.91. The molecule has 1 aromatic heterocycles. The van der Waals surface area contributed by atoms with E-state index < -0.39 is 9.84 Å². The molecule has 1 atom stereocenters. The number of carbonyl (C=O) groups is 1. The van der Waals surface area contributed by atoms with Crippen molar-refractivity contribution in [2.24, 2.45) is 0 Å². The van der Waals surface area contributed by atoms with Gasteiger partial charge >= 0.3 is 0 Å². The molecule has 2 aromatic carbocycles. The minimum absolute atomic E-state index is 0.0149. The maximum atomic E-state index is 13.5. The Morgan fingerprint density at radius 2 is 1.90 bits per heavy atom. The van der Waals surface area contributed by atoms with Gasteiger partial charge in [-0.25, -0.2) is 8.42 Å². The Hall–Kier alpha value is -1.60. The molecule has 0 aliphatic carbocycles. The lowest BCUT2D eigenvalue weighted by Gasteiger charge is -2.28. The SMILES string of the molecule is Cc1ccc(CN(C(=O)c2sc3cc(Cl)ccc3c2Cl)C2CCS(=O)(=O)C2)cc1. The second-order valence-corrected chi connectivity index (χ2v) is 11.5. The summed E-state index contributed by atoms with van der Waals surface area (Å²) >= 11 is 13.9. The van der Waals surface area contributed by atoms with Crippen LogP contribution < -0.4 is 0 Å². The Morgan fingerprint density at radius 3 is 2.55 bits per heavy atom. The van der Waals surface area contributed by atoms with Gasteiger partial charge in [-0.15, -0.1) is 11.3 Å². The molecule has 4 rings (SSSR count). The van der Waals surface area contributed by atoms with Gasteiger partial charge < -0.3 is 4.90 Å². The fraction of sp³-hybridized carbons (Fsp3) is 0.286. The average Bonchev–Trinajstić information content (AvgIpc) is 3.19. The van der Waals surface area contributed by atoms with Gasteiger partial charge in [0.05, 0.1) is 16.5 Å². The summed E-state index contributed by atoms with van der Waals surface area (Å²) in [5.41, 5.74) is 2.08. The van der Waals surface area contributed by atoms with Crippen molar-refractivity contribution in [2.45, 2.75) is 25.9 Å². The molecule has 4 nitrogen and oxygen atoms in total. The summed E-state index contributed by atoms with van der Waals surface area (Å²) in [6.07, 6.45) is 0.439. The summed E-state index contributed by atoms with van der Waals surface area (Å²) in [7, 11) is -3.14. The van der Waals surface area contributed by atoms with Crippen molar-refractivity contribution in [2.75, 3.05) is 11.5 Å². The molecule has 1 unspecified atom stereocenters. The number of fused-ring (bicyclic) bond motifs is 1. The number of thiophene rings is 1. The van der Waals surface area contributed by atoms with Crippen LogP contribution in [0.2, 0.25) is 10.0 Å². The Kier molecular flexibility index (Phi) is 5.64. The van der Waals surface area contributed by atoms with E-state index in [0.29, 0.717) is 27.9 Å². The van der Waals surface area contributed by atoms with Crippen molar-refractivity contribution in [1.82, 2.24) is 4.90 Å². The number of nitrogens with zero attached hydrogens (tertiary/aromatic N) is 1. The lowest BCUT2D eigenvalue weighted by atomic mass is 10.1. The van der Waals surface area contributed by atoms with Gasteiger partial charge in [0.25, 0.3) is 5.91 Å². The number of sulfone groups is 1. The topological polar surface area (TPSA) is 54.5 Å². The molecule has 0 bridgehead atoms. The van der Waals surface area contributed by atoms with E-state index in [1.165, 1.54) is 11.3 Å². The third-order valence-electron chi connectivity index (χ3n) is 5.17. The fourth-order valence-corrected chi connectivity index (χ4v) is 7.06. The summed E-state index contributed by atoms with van der Waals surface area (Å²) in [4.78, 5) is 15.6. The Morgan fingerprint density at radius 1 is 1.17 bits per heavy atom. The summed E-state index contributed by atoms with van der Waals surface area (Å²) < 4.78 is 25.0. The highest BCUT2D eigenvalue weighted by Gasteiger charge is 2.36. The molecule has 1 fully saturated rings. The first-order valence-corrected chi connectivity index (χ1v) is 12.6. The van der Waals surface area contributed by atoms with Crippen molar-refractivity contribution in [3.63, 3.8) is 0 Å². The number of benzene rings is 2. The number of aryl methyl sites for hydroxylation is 1. The zero-order valence-electron chi connectivity index (χ0n) is 15.7. The minimum atomic E-state index is -3.14. The van der Waals surface area contributed by atoms with Crippen LogP contribution in [0.3, 0.4) is 0 Å². The quantitative estimate of drug-likeness (QED) is 0.519. The van der Waals surface area contributed by atoms with E-state index in [4.69, 9.17) is 23.2 Å². The molecule has 1 aliphatic heterocycles. The third kappa shape index (κ3) is 4.31. The van der Waals surface area contributed by atoms with Gasteiger partial charge in [-0.05, 0) is 31.0 Å². The number of hydrogen-bond acceptors (Lipinski definition) is 4. The van der Waals surface area contributed by atoms with Crippen LogP contribution in [-0.4, -0.2) is 36.8 Å². The Balaban J connectivity index is 1.73. The number of halogens is 2. The molecular weight excluding hydrogens is 449 g/mol. The van der Waals surface area contributed by atoms with Gasteiger partial charge in [-0.3, -0.25) is 4.79 Å². The molecule has 1 amide bonds. The Labute approximate surface area is 184 Å². The molecule has 0 spiro atoms. The predicted octanol–water partition coefficient (Wildman–Crippen LogP) is 5.35. The van der Waals surface area contributed by atoms with Gasteiger partial charge in [-0.1, -0.05) is 59.1 Å². The zero-order valence-corrected chi connectivity index (χ0v) is 18.8. The van der Waals surface area contributed by atoms with Crippen molar-refractivity contribution >= 4 is 60.4 Å². The van der Waals surface area contributed by atoms with Gasteiger partial charge in [0.2, 0.25) is 0 Å². The average molecular weight is 468 g/mol. The summed E-state index contributed by atoms with van der Waals surface area (Å²) in [5.74, 6) is -0.153. The highest BCUT2D eigenvalue weighted by Crippen LogP contribution is 2.38. The van der Waals surface area contributed by atoms with E-state index >= 15 is 0 Å². The van der Waals surface area contributed by atoms with Gasteiger partial charge in [0.1, 0.15) is 4.88 Å². The van der Waals surface area contributed by atoms with E-state index in [1.54, 1.807) is 23.1 Å². The van der Waals surface area contributed by atoms with E-state index in [-0.39, 0.29) is 23.5 Å². The van der Waals surface area contributed by atoms with Crippen LogP contribution in [-0.2, 0) is 16.4 Å². The maximum absolute atomic E-state index is 13.5. The zero-order chi connectivity index (χ0) is 20.8. The molecular formula is C21H19Cl2NO3S2. The van der Waals surface area contributed by atoms with Crippen LogP contribution in [0.4, 0.5) is 0 Å².